The number of amides is 2. The molecule has 0 bridgehead atoms. The van der Waals surface area contributed by atoms with E-state index in [9.17, 15) is 19.7 Å². The van der Waals surface area contributed by atoms with E-state index in [1.54, 1.807) is 44.4 Å². The van der Waals surface area contributed by atoms with Gasteiger partial charge >= 0.3 is 0 Å². The van der Waals surface area contributed by atoms with Crippen LogP contribution in [-0.4, -0.2) is 37.6 Å². The number of methoxy groups -OCH3 is 2. The highest BCUT2D eigenvalue weighted by atomic mass is 16.6. The third-order valence-electron chi connectivity index (χ3n) is 4.91. The first-order chi connectivity index (χ1) is 16.3. The highest BCUT2D eigenvalue weighted by Crippen LogP contribution is 2.30. The van der Waals surface area contributed by atoms with Crippen molar-refractivity contribution in [2.45, 2.75) is 6.92 Å². The van der Waals surface area contributed by atoms with Crippen molar-refractivity contribution in [3.8, 4) is 17.2 Å². The Kier molecular flexibility index (Phi) is 7.65. The second kappa shape index (κ2) is 10.8. The molecule has 3 aromatic rings. The Balaban J connectivity index is 1.65. The topological polar surface area (TPSA) is 129 Å². The first-order valence-electron chi connectivity index (χ1n) is 10.1. The lowest BCUT2D eigenvalue weighted by Crippen LogP contribution is -2.20. The lowest BCUT2D eigenvalue weighted by Gasteiger charge is -2.13. The number of carbonyl (C=O) groups is 2. The van der Waals surface area contributed by atoms with Gasteiger partial charge in [0.05, 0.1) is 30.4 Å². The van der Waals surface area contributed by atoms with Crippen molar-refractivity contribution < 1.29 is 28.7 Å². The van der Waals surface area contributed by atoms with E-state index in [2.05, 4.69) is 10.6 Å². The van der Waals surface area contributed by atoms with Crippen molar-refractivity contribution in [2.75, 3.05) is 31.5 Å². The van der Waals surface area contributed by atoms with Crippen molar-refractivity contribution in [1.29, 1.82) is 0 Å². The van der Waals surface area contributed by atoms with Crippen LogP contribution in [0.4, 0.5) is 17.1 Å². The molecule has 0 atom stereocenters. The van der Waals surface area contributed by atoms with Gasteiger partial charge in [-0.1, -0.05) is 6.07 Å². The van der Waals surface area contributed by atoms with E-state index in [0.29, 0.717) is 22.7 Å². The van der Waals surface area contributed by atoms with Crippen LogP contribution in [0.5, 0.6) is 17.2 Å². The fourth-order valence-electron chi connectivity index (χ4n) is 3.09. The summed E-state index contributed by atoms with van der Waals surface area (Å²) in [5.41, 5.74) is 1.42. The van der Waals surface area contributed by atoms with Gasteiger partial charge in [0.2, 0.25) is 0 Å². The van der Waals surface area contributed by atoms with Gasteiger partial charge in [0.25, 0.3) is 17.5 Å². The van der Waals surface area contributed by atoms with E-state index in [1.807, 2.05) is 0 Å². The summed E-state index contributed by atoms with van der Waals surface area (Å²) < 4.78 is 15.9. The van der Waals surface area contributed by atoms with Gasteiger partial charge in [0.1, 0.15) is 5.75 Å². The zero-order valence-electron chi connectivity index (χ0n) is 18.8. The monoisotopic (exact) mass is 465 g/mol. The SMILES string of the molecule is COc1ccc(NC(=O)COc2ccc(C(=O)Nc3cccc([N+](=O)[O-])c3C)cc2OC)cc1. The molecule has 34 heavy (non-hydrogen) atoms. The van der Waals surface area contributed by atoms with E-state index in [-0.39, 0.29) is 35.3 Å². The van der Waals surface area contributed by atoms with Crippen molar-refractivity contribution >= 4 is 28.9 Å². The Morgan fingerprint density at radius 3 is 2.32 bits per heavy atom. The fraction of sp³-hybridized carbons (Fsp3) is 0.167. The van der Waals surface area contributed by atoms with Crippen molar-refractivity contribution in [3.05, 3.63) is 81.9 Å². The van der Waals surface area contributed by atoms with Gasteiger partial charge in [-0.25, -0.2) is 0 Å². The van der Waals surface area contributed by atoms with Gasteiger partial charge in [0, 0.05) is 17.3 Å². The molecule has 0 saturated carbocycles. The summed E-state index contributed by atoms with van der Waals surface area (Å²) >= 11 is 0. The minimum atomic E-state index is -0.509. The van der Waals surface area contributed by atoms with Crippen molar-refractivity contribution in [3.63, 3.8) is 0 Å². The summed E-state index contributed by atoms with van der Waals surface area (Å²) in [4.78, 5) is 35.5. The molecule has 0 aliphatic heterocycles. The molecule has 3 rings (SSSR count). The molecule has 10 nitrogen and oxygen atoms in total. The average molecular weight is 465 g/mol. The maximum Gasteiger partial charge on any atom is 0.274 e. The van der Waals surface area contributed by atoms with Crippen LogP contribution in [0.3, 0.4) is 0 Å². The van der Waals surface area contributed by atoms with Gasteiger partial charge in [-0.2, -0.15) is 0 Å². The minimum absolute atomic E-state index is 0.0907. The summed E-state index contributed by atoms with van der Waals surface area (Å²) in [5.74, 6) is 0.334. The Bertz CT molecular complexity index is 1210. The van der Waals surface area contributed by atoms with Gasteiger partial charge in [-0.3, -0.25) is 19.7 Å². The average Bonchev–Trinajstić information content (AvgIpc) is 2.84. The van der Waals surface area contributed by atoms with Crippen LogP contribution in [-0.2, 0) is 4.79 Å². The fourth-order valence-corrected chi connectivity index (χ4v) is 3.09. The molecule has 0 spiro atoms. The number of carbonyl (C=O) groups excluding carboxylic acids is 2. The predicted molar refractivity (Wildman–Crippen MR) is 126 cm³/mol. The Morgan fingerprint density at radius 1 is 0.941 bits per heavy atom. The number of nitro groups is 1. The van der Waals surface area contributed by atoms with Crippen LogP contribution >= 0.6 is 0 Å². The molecule has 0 heterocycles. The van der Waals surface area contributed by atoms with Crippen LogP contribution in [0.15, 0.2) is 60.7 Å². The normalized spacial score (nSPS) is 10.2. The van der Waals surface area contributed by atoms with Gasteiger partial charge < -0.3 is 24.8 Å². The molecule has 10 heteroatoms. The molecule has 2 N–H and O–H groups in total. The number of nitro benzene ring substituents is 1. The molecule has 0 aliphatic rings. The summed E-state index contributed by atoms with van der Waals surface area (Å²) in [5, 5.41) is 16.5. The van der Waals surface area contributed by atoms with E-state index in [0.717, 1.165) is 0 Å². The van der Waals surface area contributed by atoms with Crippen LogP contribution in [0.2, 0.25) is 0 Å². The highest BCUT2D eigenvalue weighted by molar-refractivity contribution is 6.05. The second-order valence-corrected chi connectivity index (χ2v) is 7.09. The van der Waals surface area contributed by atoms with Gasteiger partial charge in [-0.05, 0) is 55.5 Å². The number of nitrogens with one attached hydrogen (secondary N) is 2. The molecule has 3 aromatic carbocycles. The van der Waals surface area contributed by atoms with Crippen LogP contribution in [0, 0.1) is 17.0 Å². The largest absolute Gasteiger partial charge is 0.497 e. The minimum Gasteiger partial charge on any atom is -0.497 e. The maximum atomic E-state index is 12.7. The Labute approximate surface area is 195 Å². The molecular weight excluding hydrogens is 442 g/mol. The highest BCUT2D eigenvalue weighted by Gasteiger charge is 2.17. The van der Waals surface area contributed by atoms with Crippen molar-refractivity contribution in [1.82, 2.24) is 0 Å². The molecule has 0 aromatic heterocycles. The van der Waals surface area contributed by atoms with Crippen LogP contribution < -0.4 is 24.8 Å². The maximum absolute atomic E-state index is 12.7. The smallest absolute Gasteiger partial charge is 0.274 e. The lowest BCUT2D eigenvalue weighted by atomic mass is 10.1. The summed E-state index contributed by atoms with van der Waals surface area (Å²) in [6, 6.07) is 15.8. The summed E-state index contributed by atoms with van der Waals surface area (Å²) in [7, 11) is 2.96. The number of hydrogen-bond donors (Lipinski definition) is 2. The quantitative estimate of drug-likeness (QED) is 0.358. The summed E-state index contributed by atoms with van der Waals surface area (Å²) in [6.45, 7) is 1.28. The second-order valence-electron chi connectivity index (χ2n) is 7.09. The predicted octanol–water partition coefficient (Wildman–Crippen LogP) is 4.19. The number of hydrogen-bond acceptors (Lipinski definition) is 7. The number of rotatable bonds is 9. The Morgan fingerprint density at radius 2 is 1.68 bits per heavy atom. The summed E-state index contributed by atoms with van der Waals surface area (Å²) in [6.07, 6.45) is 0. The van der Waals surface area contributed by atoms with Crippen LogP contribution in [0.25, 0.3) is 0 Å². The molecule has 0 radical (unpaired) electrons. The molecule has 0 unspecified atom stereocenters. The van der Waals surface area contributed by atoms with E-state index in [4.69, 9.17) is 14.2 Å². The standard InChI is InChI=1S/C24H23N3O7/c1-15-19(5-4-6-20(15)27(30)31)26-24(29)16-7-12-21(22(13-16)33-3)34-14-23(28)25-17-8-10-18(32-2)11-9-17/h4-13H,14H2,1-3H3,(H,25,28)(H,26,29). The molecule has 0 aliphatic carbocycles. The number of benzene rings is 3. The zero-order valence-corrected chi connectivity index (χ0v) is 18.8. The number of nitrogens with zero attached hydrogens (tertiary/aromatic N) is 1. The van der Waals surface area contributed by atoms with Gasteiger partial charge in [-0.15, -0.1) is 0 Å². The lowest BCUT2D eigenvalue weighted by molar-refractivity contribution is -0.385. The zero-order chi connectivity index (χ0) is 24.7. The van der Waals surface area contributed by atoms with E-state index < -0.39 is 10.8 Å². The van der Waals surface area contributed by atoms with Crippen molar-refractivity contribution in [2.24, 2.45) is 0 Å². The first-order valence-corrected chi connectivity index (χ1v) is 10.1. The van der Waals surface area contributed by atoms with Gasteiger partial charge in [0.15, 0.2) is 18.1 Å². The third-order valence-corrected chi connectivity index (χ3v) is 4.91. The number of anilines is 2. The molecule has 0 fully saturated rings. The Hall–Kier alpha value is -4.60. The molecule has 176 valence electrons. The van der Waals surface area contributed by atoms with Crippen LogP contribution in [0.1, 0.15) is 15.9 Å². The van der Waals surface area contributed by atoms with E-state index >= 15 is 0 Å². The third kappa shape index (κ3) is 5.80. The first kappa shape index (κ1) is 24.1. The number of ether oxygens (including phenoxy) is 3. The van der Waals surface area contributed by atoms with E-state index in [1.165, 1.54) is 37.4 Å². The molecular formula is C24H23N3O7. The molecule has 2 amide bonds. The molecule has 0 saturated heterocycles.